The zero-order chi connectivity index (χ0) is 18.4. The van der Waals surface area contributed by atoms with Gasteiger partial charge in [0, 0.05) is 12.8 Å². The van der Waals surface area contributed by atoms with Crippen LogP contribution in [0.4, 0.5) is 0 Å². The third-order valence-corrected chi connectivity index (χ3v) is 3.90. The SMILES string of the molecule is COc1cc(CC(=O)C(=O)Cc2ccc(CO)c(CO)c2)ccc1O. The molecule has 6 heteroatoms. The number of rotatable bonds is 8. The van der Waals surface area contributed by atoms with Crippen molar-refractivity contribution in [3.8, 4) is 11.5 Å². The first-order chi connectivity index (χ1) is 12.0. The van der Waals surface area contributed by atoms with E-state index in [0.717, 1.165) is 0 Å². The van der Waals surface area contributed by atoms with Crippen LogP contribution in [0.5, 0.6) is 11.5 Å². The highest BCUT2D eigenvalue weighted by atomic mass is 16.5. The average Bonchev–Trinajstić information content (AvgIpc) is 2.62. The number of hydrogen-bond acceptors (Lipinski definition) is 6. The van der Waals surface area contributed by atoms with Gasteiger partial charge in [-0.15, -0.1) is 0 Å². The number of ether oxygens (including phenoxy) is 1. The Hall–Kier alpha value is -2.70. The van der Waals surface area contributed by atoms with Crippen LogP contribution < -0.4 is 4.74 Å². The molecule has 2 rings (SSSR count). The number of benzene rings is 2. The first kappa shape index (κ1) is 18.6. The second kappa shape index (κ2) is 8.41. The summed E-state index contributed by atoms with van der Waals surface area (Å²) in [6, 6.07) is 9.37. The highest BCUT2D eigenvalue weighted by Gasteiger charge is 2.16. The van der Waals surface area contributed by atoms with Crippen LogP contribution in [0, 0.1) is 0 Å². The smallest absolute Gasteiger partial charge is 0.203 e. The fourth-order valence-electron chi connectivity index (χ4n) is 2.49. The molecule has 0 aliphatic heterocycles. The van der Waals surface area contributed by atoms with E-state index in [1.54, 1.807) is 24.3 Å². The fourth-order valence-corrected chi connectivity index (χ4v) is 2.49. The second-order valence-electron chi connectivity index (χ2n) is 5.63. The maximum Gasteiger partial charge on any atom is 0.203 e. The molecule has 3 N–H and O–H groups in total. The number of ketones is 2. The number of aromatic hydroxyl groups is 1. The number of carbonyl (C=O) groups excluding carboxylic acids is 2. The van der Waals surface area contributed by atoms with Crippen LogP contribution in [0.15, 0.2) is 36.4 Å². The quantitative estimate of drug-likeness (QED) is 0.624. The second-order valence-corrected chi connectivity index (χ2v) is 5.63. The predicted molar refractivity (Wildman–Crippen MR) is 90.4 cm³/mol. The topological polar surface area (TPSA) is 104 Å². The molecule has 0 bridgehead atoms. The van der Waals surface area contributed by atoms with Crippen molar-refractivity contribution in [2.24, 2.45) is 0 Å². The summed E-state index contributed by atoms with van der Waals surface area (Å²) in [7, 11) is 1.40. The molecule has 0 atom stereocenters. The first-order valence-electron chi connectivity index (χ1n) is 7.72. The van der Waals surface area contributed by atoms with Gasteiger partial charge in [0.2, 0.25) is 11.6 Å². The lowest BCUT2D eigenvalue weighted by Crippen LogP contribution is -2.19. The zero-order valence-corrected chi connectivity index (χ0v) is 13.9. The van der Waals surface area contributed by atoms with E-state index in [0.29, 0.717) is 22.3 Å². The Morgan fingerprint density at radius 1 is 0.880 bits per heavy atom. The molecule has 0 unspecified atom stereocenters. The Morgan fingerprint density at radius 2 is 1.44 bits per heavy atom. The molecule has 132 valence electrons. The molecule has 0 fully saturated rings. The van der Waals surface area contributed by atoms with Crippen molar-refractivity contribution in [1.29, 1.82) is 0 Å². The summed E-state index contributed by atoms with van der Waals surface area (Å²) in [5.74, 6) is -0.896. The van der Waals surface area contributed by atoms with Gasteiger partial charge in [0.05, 0.1) is 20.3 Å². The number of carbonyl (C=O) groups is 2. The lowest BCUT2D eigenvalue weighted by Gasteiger charge is -2.08. The summed E-state index contributed by atoms with van der Waals surface area (Å²) in [5.41, 5.74) is 2.28. The van der Waals surface area contributed by atoms with E-state index in [-0.39, 0.29) is 37.6 Å². The lowest BCUT2D eigenvalue weighted by molar-refractivity contribution is -0.135. The molecule has 0 amide bonds. The number of phenolic OH excluding ortho intramolecular Hbond substituents is 1. The highest BCUT2D eigenvalue weighted by molar-refractivity contribution is 6.38. The van der Waals surface area contributed by atoms with Crippen molar-refractivity contribution < 1.29 is 29.6 Å². The summed E-state index contributed by atoms with van der Waals surface area (Å²) < 4.78 is 4.98. The minimum atomic E-state index is -0.551. The van der Waals surface area contributed by atoms with Crippen LogP contribution in [0.25, 0.3) is 0 Å². The van der Waals surface area contributed by atoms with E-state index in [4.69, 9.17) is 4.74 Å². The lowest BCUT2D eigenvalue weighted by atomic mass is 9.98. The van der Waals surface area contributed by atoms with Gasteiger partial charge in [-0.05, 0) is 34.4 Å². The highest BCUT2D eigenvalue weighted by Crippen LogP contribution is 2.26. The van der Waals surface area contributed by atoms with Crippen LogP contribution in [0.2, 0.25) is 0 Å². The van der Waals surface area contributed by atoms with Gasteiger partial charge in [0.1, 0.15) is 0 Å². The van der Waals surface area contributed by atoms with E-state index in [9.17, 15) is 24.9 Å². The van der Waals surface area contributed by atoms with E-state index in [1.807, 2.05) is 0 Å². The normalized spacial score (nSPS) is 10.5. The van der Waals surface area contributed by atoms with Crippen LogP contribution in [-0.4, -0.2) is 34.0 Å². The number of aliphatic hydroxyl groups is 2. The van der Waals surface area contributed by atoms with E-state index in [2.05, 4.69) is 0 Å². The van der Waals surface area contributed by atoms with Crippen molar-refractivity contribution >= 4 is 11.6 Å². The molecule has 0 aliphatic carbocycles. The van der Waals surface area contributed by atoms with Crippen LogP contribution in [-0.2, 0) is 35.6 Å². The van der Waals surface area contributed by atoms with Crippen molar-refractivity contribution in [2.75, 3.05) is 7.11 Å². The van der Waals surface area contributed by atoms with Gasteiger partial charge < -0.3 is 20.1 Å². The number of hydrogen-bond donors (Lipinski definition) is 3. The minimum Gasteiger partial charge on any atom is -0.504 e. The number of methoxy groups -OCH3 is 1. The maximum absolute atomic E-state index is 12.2. The first-order valence-corrected chi connectivity index (χ1v) is 7.72. The van der Waals surface area contributed by atoms with Crippen molar-refractivity contribution in [3.05, 3.63) is 58.7 Å². The largest absolute Gasteiger partial charge is 0.504 e. The van der Waals surface area contributed by atoms with Crippen LogP contribution in [0.3, 0.4) is 0 Å². The third-order valence-electron chi connectivity index (χ3n) is 3.90. The average molecular weight is 344 g/mol. The van der Waals surface area contributed by atoms with Gasteiger partial charge in [-0.3, -0.25) is 9.59 Å². The predicted octanol–water partition coefficient (Wildman–Crippen LogP) is 1.31. The standard InChI is InChI=1S/C19H20O6/c1-25-19-9-13(3-5-16(19)22)8-18(24)17(23)7-12-2-4-14(10-20)15(6-12)11-21/h2-6,9,20-22H,7-8,10-11H2,1H3. The molecule has 0 spiro atoms. The summed E-state index contributed by atoms with van der Waals surface area (Å²) in [6.45, 7) is -0.453. The Morgan fingerprint density at radius 3 is 2.00 bits per heavy atom. The fraction of sp³-hybridized carbons (Fsp3) is 0.263. The van der Waals surface area contributed by atoms with Gasteiger partial charge in [-0.2, -0.15) is 0 Å². The molecule has 0 saturated carbocycles. The molecule has 0 heterocycles. The van der Waals surface area contributed by atoms with Crippen LogP contribution in [0.1, 0.15) is 22.3 Å². The van der Waals surface area contributed by atoms with Gasteiger partial charge >= 0.3 is 0 Å². The molecular formula is C19H20O6. The number of phenols is 1. The summed E-state index contributed by atoms with van der Waals surface area (Å²) >= 11 is 0. The molecule has 0 aliphatic rings. The van der Waals surface area contributed by atoms with Gasteiger partial charge in [-0.25, -0.2) is 0 Å². The van der Waals surface area contributed by atoms with Gasteiger partial charge in [-0.1, -0.05) is 24.3 Å². The van der Waals surface area contributed by atoms with Crippen molar-refractivity contribution in [3.63, 3.8) is 0 Å². The summed E-state index contributed by atoms with van der Waals surface area (Å²) in [5, 5.41) is 28.0. The summed E-state index contributed by atoms with van der Waals surface area (Å²) in [6.07, 6.45) is -0.163. The Kier molecular flexibility index (Phi) is 6.27. The third kappa shape index (κ3) is 4.65. The molecular weight excluding hydrogens is 324 g/mol. The van der Waals surface area contributed by atoms with Crippen molar-refractivity contribution in [2.45, 2.75) is 26.1 Å². The number of aliphatic hydroxyl groups excluding tert-OH is 2. The van der Waals surface area contributed by atoms with Gasteiger partial charge in [0.15, 0.2) is 11.5 Å². The molecule has 2 aromatic rings. The Labute approximate surface area is 145 Å². The minimum absolute atomic E-state index is 0.0365. The zero-order valence-electron chi connectivity index (χ0n) is 13.9. The van der Waals surface area contributed by atoms with E-state index < -0.39 is 11.6 Å². The monoisotopic (exact) mass is 344 g/mol. The summed E-state index contributed by atoms with van der Waals surface area (Å²) in [4.78, 5) is 24.3. The van der Waals surface area contributed by atoms with Crippen molar-refractivity contribution in [1.82, 2.24) is 0 Å². The molecule has 0 saturated heterocycles. The number of Topliss-reactive ketones (excluding diaryl/α,β-unsaturated/α-hetero) is 2. The molecule has 0 aromatic heterocycles. The molecule has 0 radical (unpaired) electrons. The Bertz CT molecular complexity index is 781. The Balaban J connectivity index is 2.07. The molecule has 6 nitrogen and oxygen atoms in total. The maximum atomic E-state index is 12.2. The molecule has 25 heavy (non-hydrogen) atoms. The van der Waals surface area contributed by atoms with Crippen LogP contribution >= 0.6 is 0 Å². The van der Waals surface area contributed by atoms with E-state index >= 15 is 0 Å². The van der Waals surface area contributed by atoms with E-state index in [1.165, 1.54) is 19.2 Å². The molecule has 2 aromatic carbocycles. The van der Waals surface area contributed by atoms with Gasteiger partial charge in [0.25, 0.3) is 0 Å².